The van der Waals surface area contributed by atoms with E-state index in [0.717, 1.165) is 16.5 Å². The number of hydrazine groups is 1. The molecule has 0 amide bonds. The van der Waals surface area contributed by atoms with Gasteiger partial charge >= 0.3 is 0 Å². The number of nitrogens with two attached hydrogens (primary N) is 1. The third-order valence-corrected chi connectivity index (χ3v) is 4.06. The molecule has 3 nitrogen and oxygen atoms in total. The second-order valence-electron chi connectivity index (χ2n) is 4.66. The Morgan fingerprint density at radius 1 is 1.05 bits per heavy atom. The molecule has 3 rings (SSSR count). The number of halogens is 2. The van der Waals surface area contributed by atoms with Crippen LogP contribution in [0.25, 0.3) is 10.9 Å². The SMILES string of the molecule is NNC(c1cccc(Br)c1F)c1cccc2ncccc12. The van der Waals surface area contributed by atoms with Crippen molar-refractivity contribution in [2.24, 2.45) is 5.84 Å². The number of benzene rings is 2. The van der Waals surface area contributed by atoms with Gasteiger partial charge in [-0.25, -0.2) is 9.82 Å². The maximum atomic E-state index is 14.4. The third-order valence-electron chi connectivity index (χ3n) is 3.45. The fourth-order valence-electron chi connectivity index (χ4n) is 2.47. The molecular formula is C16H13BrFN3. The van der Waals surface area contributed by atoms with Crippen LogP contribution in [0.5, 0.6) is 0 Å². The number of pyridine rings is 1. The zero-order valence-corrected chi connectivity index (χ0v) is 12.6. The van der Waals surface area contributed by atoms with Gasteiger partial charge in [-0.1, -0.05) is 30.3 Å². The minimum absolute atomic E-state index is 0.318. The Morgan fingerprint density at radius 3 is 2.62 bits per heavy atom. The standard InChI is InChI=1S/C16H13BrFN3/c17-13-7-1-5-12(15(13)18)16(21-19)11-4-2-8-14-10(11)6-3-9-20-14/h1-9,16,21H,19H2. The number of nitrogens with zero attached hydrogens (tertiary/aromatic N) is 1. The smallest absolute Gasteiger partial charge is 0.142 e. The fraction of sp³-hybridized carbons (Fsp3) is 0.0625. The summed E-state index contributed by atoms with van der Waals surface area (Å²) >= 11 is 3.21. The summed E-state index contributed by atoms with van der Waals surface area (Å²) in [5.74, 6) is 5.38. The molecular weight excluding hydrogens is 333 g/mol. The highest BCUT2D eigenvalue weighted by atomic mass is 79.9. The van der Waals surface area contributed by atoms with Crippen molar-refractivity contribution in [3.8, 4) is 0 Å². The van der Waals surface area contributed by atoms with Gasteiger partial charge in [-0.05, 0) is 39.7 Å². The lowest BCUT2D eigenvalue weighted by molar-refractivity contribution is 0.557. The van der Waals surface area contributed by atoms with Crippen LogP contribution in [0.3, 0.4) is 0 Å². The molecule has 5 heteroatoms. The van der Waals surface area contributed by atoms with E-state index < -0.39 is 6.04 Å². The Hall–Kier alpha value is -1.82. The molecule has 0 radical (unpaired) electrons. The molecule has 0 saturated heterocycles. The Morgan fingerprint density at radius 2 is 1.81 bits per heavy atom. The molecule has 1 unspecified atom stereocenters. The van der Waals surface area contributed by atoms with Crippen molar-refractivity contribution in [1.82, 2.24) is 10.4 Å². The third kappa shape index (κ3) is 2.55. The van der Waals surface area contributed by atoms with Gasteiger partial charge < -0.3 is 0 Å². The van der Waals surface area contributed by atoms with Crippen LogP contribution in [-0.2, 0) is 0 Å². The lowest BCUT2D eigenvalue weighted by Gasteiger charge is -2.19. The molecule has 106 valence electrons. The van der Waals surface area contributed by atoms with Gasteiger partial charge in [0, 0.05) is 17.1 Å². The van der Waals surface area contributed by atoms with Crippen LogP contribution in [0, 0.1) is 5.82 Å². The number of fused-ring (bicyclic) bond motifs is 1. The molecule has 1 heterocycles. The Balaban J connectivity index is 2.21. The summed E-state index contributed by atoms with van der Waals surface area (Å²) in [4.78, 5) is 4.32. The monoisotopic (exact) mass is 345 g/mol. The topological polar surface area (TPSA) is 50.9 Å². The largest absolute Gasteiger partial charge is 0.271 e. The second kappa shape index (κ2) is 5.89. The molecule has 1 aromatic heterocycles. The minimum atomic E-state index is -0.449. The predicted octanol–water partition coefficient (Wildman–Crippen LogP) is 3.69. The van der Waals surface area contributed by atoms with E-state index in [-0.39, 0.29) is 5.82 Å². The first-order valence-electron chi connectivity index (χ1n) is 6.46. The lowest BCUT2D eigenvalue weighted by atomic mass is 9.95. The van der Waals surface area contributed by atoms with E-state index in [1.54, 1.807) is 24.4 Å². The van der Waals surface area contributed by atoms with Gasteiger partial charge in [0.05, 0.1) is 16.0 Å². The number of hydrogen-bond acceptors (Lipinski definition) is 3. The Kier molecular flexibility index (Phi) is 3.96. The van der Waals surface area contributed by atoms with Crippen LogP contribution in [0.1, 0.15) is 17.2 Å². The first kappa shape index (κ1) is 14.1. The van der Waals surface area contributed by atoms with Gasteiger partial charge in [0.1, 0.15) is 5.82 Å². The van der Waals surface area contributed by atoms with Crippen LogP contribution < -0.4 is 11.3 Å². The summed E-state index contributed by atoms with van der Waals surface area (Å²) in [5, 5.41) is 0.947. The quantitative estimate of drug-likeness (QED) is 0.562. The van der Waals surface area contributed by atoms with Crippen molar-refractivity contribution in [3.63, 3.8) is 0 Å². The van der Waals surface area contributed by atoms with Gasteiger partial charge in [-0.2, -0.15) is 0 Å². The van der Waals surface area contributed by atoms with Gasteiger partial charge in [-0.3, -0.25) is 10.8 Å². The molecule has 0 spiro atoms. The summed E-state index contributed by atoms with van der Waals surface area (Å²) in [6, 6.07) is 14.3. The van der Waals surface area contributed by atoms with Gasteiger partial charge in [-0.15, -0.1) is 0 Å². The minimum Gasteiger partial charge on any atom is -0.271 e. The molecule has 1 atom stereocenters. The highest BCUT2D eigenvalue weighted by Crippen LogP contribution is 2.31. The average Bonchev–Trinajstić information content (AvgIpc) is 2.52. The van der Waals surface area contributed by atoms with Crippen molar-refractivity contribution in [2.75, 3.05) is 0 Å². The summed E-state index contributed by atoms with van der Waals surface area (Å²) in [6.45, 7) is 0. The summed E-state index contributed by atoms with van der Waals surface area (Å²) in [7, 11) is 0. The van der Waals surface area contributed by atoms with E-state index in [2.05, 4.69) is 26.3 Å². The van der Waals surface area contributed by atoms with Crippen LogP contribution in [0.2, 0.25) is 0 Å². The van der Waals surface area contributed by atoms with Crippen LogP contribution >= 0.6 is 15.9 Å². The highest BCUT2D eigenvalue weighted by Gasteiger charge is 2.20. The number of nitrogens with one attached hydrogen (secondary N) is 1. The van der Waals surface area contributed by atoms with E-state index in [1.165, 1.54) is 0 Å². The van der Waals surface area contributed by atoms with Crippen LogP contribution in [0.4, 0.5) is 4.39 Å². The van der Waals surface area contributed by atoms with Crippen LogP contribution in [-0.4, -0.2) is 4.98 Å². The van der Waals surface area contributed by atoms with E-state index in [0.29, 0.717) is 10.0 Å². The maximum absolute atomic E-state index is 14.4. The number of aromatic nitrogens is 1. The summed E-state index contributed by atoms with van der Waals surface area (Å²) < 4.78 is 14.8. The van der Waals surface area contributed by atoms with Gasteiger partial charge in [0.2, 0.25) is 0 Å². The van der Waals surface area contributed by atoms with Crippen molar-refractivity contribution >= 4 is 26.8 Å². The number of hydrogen-bond donors (Lipinski definition) is 2. The normalized spacial score (nSPS) is 12.5. The molecule has 3 aromatic rings. The first-order chi connectivity index (χ1) is 10.2. The first-order valence-corrected chi connectivity index (χ1v) is 7.25. The molecule has 0 aliphatic carbocycles. The van der Waals surface area contributed by atoms with Crippen LogP contribution in [0.15, 0.2) is 59.2 Å². The molecule has 0 saturated carbocycles. The molecule has 0 aliphatic heterocycles. The zero-order valence-electron chi connectivity index (χ0n) is 11.1. The molecule has 0 aliphatic rings. The second-order valence-corrected chi connectivity index (χ2v) is 5.51. The van der Waals surface area contributed by atoms with Crippen molar-refractivity contribution in [3.05, 3.63) is 76.1 Å². The Labute approximate surface area is 130 Å². The predicted molar refractivity (Wildman–Crippen MR) is 85.0 cm³/mol. The highest BCUT2D eigenvalue weighted by molar-refractivity contribution is 9.10. The van der Waals surface area contributed by atoms with Crippen molar-refractivity contribution in [2.45, 2.75) is 6.04 Å². The van der Waals surface area contributed by atoms with E-state index in [4.69, 9.17) is 5.84 Å². The summed E-state index contributed by atoms with van der Waals surface area (Å²) in [5.41, 5.74) is 4.94. The van der Waals surface area contributed by atoms with Crippen molar-refractivity contribution in [1.29, 1.82) is 0 Å². The maximum Gasteiger partial charge on any atom is 0.142 e. The van der Waals surface area contributed by atoms with Crippen molar-refractivity contribution < 1.29 is 4.39 Å². The van der Waals surface area contributed by atoms with E-state index in [1.807, 2.05) is 30.3 Å². The average molecular weight is 346 g/mol. The zero-order chi connectivity index (χ0) is 14.8. The fourth-order valence-corrected chi connectivity index (χ4v) is 2.85. The Bertz CT molecular complexity index is 786. The summed E-state index contributed by atoms with van der Waals surface area (Å²) in [6.07, 6.45) is 1.73. The molecule has 21 heavy (non-hydrogen) atoms. The number of rotatable bonds is 3. The molecule has 0 fully saturated rings. The molecule has 0 bridgehead atoms. The van der Waals surface area contributed by atoms with Gasteiger partial charge in [0.25, 0.3) is 0 Å². The van der Waals surface area contributed by atoms with E-state index >= 15 is 0 Å². The molecule has 3 N–H and O–H groups in total. The molecule has 2 aromatic carbocycles. The van der Waals surface area contributed by atoms with Gasteiger partial charge in [0.15, 0.2) is 0 Å². The lowest BCUT2D eigenvalue weighted by Crippen LogP contribution is -2.29. The van der Waals surface area contributed by atoms with E-state index in [9.17, 15) is 4.39 Å².